The summed E-state index contributed by atoms with van der Waals surface area (Å²) in [6.45, 7) is 7.94. The molecule has 0 atom stereocenters. The van der Waals surface area contributed by atoms with Gasteiger partial charge in [0.25, 0.3) is 0 Å². The van der Waals surface area contributed by atoms with E-state index in [1.165, 1.54) is 0 Å². The van der Waals surface area contributed by atoms with E-state index in [9.17, 15) is 5.11 Å². The summed E-state index contributed by atoms with van der Waals surface area (Å²) in [5.41, 5.74) is 4.80. The van der Waals surface area contributed by atoms with Gasteiger partial charge in [-0.15, -0.1) is 0 Å². The minimum atomic E-state index is 0.229. The Balaban J connectivity index is 2.30. The number of phenols is 1. The Bertz CT molecular complexity index is 1160. The largest absolute Gasteiger partial charge is 0.508 e. The van der Waals surface area contributed by atoms with E-state index < -0.39 is 0 Å². The van der Waals surface area contributed by atoms with Crippen LogP contribution in [0, 0.1) is 0 Å². The Morgan fingerprint density at radius 1 is 0.923 bits per heavy atom. The smallest absolute Gasteiger partial charge is 0.192 e. The lowest BCUT2D eigenvalue weighted by Crippen LogP contribution is -1.95. The number of hydrogen-bond acceptors (Lipinski definition) is 2. The molecule has 3 aromatic carbocycles. The number of para-hydroxylation sites is 1. The van der Waals surface area contributed by atoms with Crippen LogP contribution in [-0.4, -0.2) is 9.67 Å². The highest BCUT2D eigenvalue weighted by atomic mass is 127. The summed E-state index contributed by atoms with van der Waals surface area (Å²) in [6, 6.07) is 17.5. The minimum absolute atomic E-state index is 0.229. The summed E-state index contributed by atoms with van der Waals surface area (Å²) in [6.07, 6.45) is 3.62. The molecule has 4 heteroatoms. The van der Waals surface area contributed by atoms with Crippen molar-refractivity contribution in [2.24, 2.45) is 0 Å². The molecule has 0 spiro atoms. The maximum Gasteiger partial charge on any atom is 0.192 e. The predicted octanol–water partition coefficient (Wildman–Crippen LogP) is 6.50. The van der Waals surface area contributed by atoms with Crippen LogP contribution in [0.1, 0.15) is 11.1 Å². The van der Waals surface area contributed by atoms with Crippen LogP contribution in [0.4, 0.5) is 0 Å². The molecule has 0 saturated heterocycles. The van der Waals surface area contributed by atoms with Gasteiger partial charge in [-0.3, -0.25) is 0 Å². The zero-order valence-corrected chi connectivity index (χ0v) is 16.1. The van der Waals surface area contributed by atoms with Gasteiger partial charge in [0.1, 0.15) is 11.5 Å². The number of hydrogen-bond donors (Lipinski definition) is 1. The Labute approximate surface area is 165 Å². The molecule has 0 radical (unpaired) electrons. The standard InChI is InChI=1S/C22H16INO2/c1-3-16-17(4-2)22-18-11-10-15(25)12-19(18)24(14-8-6-5-7-9-14)20(22)13-21(16)26-23/h3-13,25H,1-2H2. The van der Waals surface area contributed by atoms with Crippen molar-refractivity contribution in [1.82, 2.24) is 4.57 Å². The van der Waals surface area contributed by atoms with Crippen molar-refractivity contribution in [3.05, 3.63) is 78.9 Å². The molecule has 0 aliphatic carbocycles. The number of aromatic nitrogens is 1. The molecular weight excluding hydrogens is 437 g/mol. The quantitative estimate of drug-likeness (QED) is 0.358. The minimum Gasteiger partial charge on any atom is -0.508 e. The molecule has 0 aliphatic rings. The van der Waals surface area contributed by atoms with Crippen molar-refractivity contribution in [2.75, 3.05) is 0 Å². The third-order valence-electron chi connectivity index (χ3n) is 4.59. The van der Waals surface area contributed by atoms with Crippen LogP contribution >= 0.6 is 23.0 Å². The van der Waals surface area contributed by atoms with Crippen molar-refractivity contribution in [3.63, 3.8) is 0 Å². The first-order valence-corrected chi connectivity index (χ1v) is 9.00. The van der Waals surface area contributed by atoms with Crippen LogP contribution in [0.5, 0.6) is 11.5 Å². The fourth-order valence-electron chi connectivity index (χ4n) is 3.53. The summed E-state index contributed by atoms with van der Waals surface area (Å²) < 4.78 is 7.71. The monoisotopic (exact) mass is 453 g/mol. The number of rotatable bonds is 4. The molecule has 4 aromatic rings. The molecule has 128 valence electrons. The third kappa shape index (κ3) is 2.41. The van der Waals surface area contributed by atoms with E-state index in [0.717, 1.165) is 44.4 Å². The highest BCUT2D eigenvalue weighted by Gasteiger charge is 2.19. The number of halogens is 1. The average Bonchev–Trinajstić information content (AvgIpc) is 2.99. The third-order valence-corrected chi connectivity index (χ3v) is 5.06. The van der Waals surface area contributed by atoms with Gasteiger partial charge in [0.05, 0.1) is 11.0 Å². The fourth-order valence-corrected chi connectivity index (χ4v) is 3.89. The molecule has 3 nitrogen and oxygen atoms in total. The summed E-state index contributed by atoms with van der Waals surface area (Å²) >= 11 is 1.89. The second-order valence-electron chi connectivity index (χ2n) is 5.95. The van der Waals surface area contributed by atoms with Crippen LogP contribution in [0.15, 0.2) is 67.8 Å². The second-order valence-corrected chi connectivity index (χ2v) is 6.39. The van der Waals surface area contributed by atoms with Crippen LogP contribution in [-0.2, 0) is 0 Å². The van der Waals surface area contributed by atoms with E-state index in [2.05, 4.69) is 17.7 Å². The summed E-state index contributed by atoms with van der Waals surface area (Å²) in [5.74, 6) is 0.958. The zero-order valence-electron chi connectivity index (χ0n) is 13.9. The summed E-state index contributed by atoms with van der Waals surface area (Å²) in [7, 11) is 0. The number of fused-ring (bicyclic) bond motifs is 3. The molecule has 0 saturated carbocycles. The molecule has 0 fully saturated rings. The van der Waals surface area contributed by atoms with Gasteiger partial charge in [0.15, 0.2) is 23.0 Å². The molecular formula is C22H16INO2. The molecule has 26 heavy (non-hydrogen) atoms. The van der Waals surface area contributed by atoms with E-state index in [1.54, 1.807) is 18.2 Å². The van der Waals surface area contributed by atoms with Crippen molar-refractivity contribution >= 4 is 57.0 Å². The SMILES string of the molecule is C=Cc1c(OI)cc2c(c1C=C)c1ccc(O)cc1n2-c1ccccc1. The zero-order chi connectivity index (χ0) is 18.3. The van der Waals surface area contributed by atoms with E-state index in [-0.39, 0.29) is 5.75 Å². The summed E-state index contributed by atoms with van der Waals surface area (Å²) in [5, 5.41) is 12.2. The van der Waals surface area contributed by atoms with Gasteiger partial charge in [0.2, 0.25) is 0 Å². The Kier molecular flexibility index (Phi) is 4.20. The maximum absolute atomic E-state index is 10.1. The molecule has 0 unspecified atom stereocenters. The molecule has 0 amide bonds. The van der Waals surface area contributed by atoms with E-state index in [0.29, 0.717) is 0 Å². The number of aromatic hydroxyl groups is 1. The molecule has 1 N–H and O–H groups in total. The van der Waals surface area contributed by atoms with Crippen molar-refractivity contribution in [1.29, 1.82) is 0 Å². The topological polar surface area (TPSA) is 34.4 Å². The normalized spacial score (nSPS) is 11.0. The highest BCUT2D eigenvalue weighted by molar-refractivity contribution is 14.1. The van der Waals surface area contributed by atoms with E-state index in [1.807, 2.05) is 71.5 Å². The lowest BCUT2D eigenvalue weighted by atomic mass is 9.99. The average molecular weight is 453 g/mol. The first-order chi connectivity index (χ1) is 12.7. The maximum atomic E-state index is 10.1. The van der Waals surface area contributed by atoms with Crippen LogP contribution in [0.2, 0.25) is 0 Å². The van der Waals surface area contributed by atoms with E-state index >= 15 is 0 Å². The molecule has 4 rings (SSSR count). The highest BCUT2D eigenvalue weighted by Crippen LogP contribution is 2.41. The van der Waals surface area contributed by atoms with Crippen LogP contribution in [0.3, 0.4) is 0 Å². The van der Waals surface area contributed by atoms with Crippen molar-refractivity contribution in [2.45, 2.75) is 0 Å². The van der Waals surface area contributed by atoms with Crippen molar-refractivity contribution < 1.29 is 8.17 Å². The van der Waals surface area contributed by atoms with Gasteiger partial charge < -0.3 is 12.7 Å². The first kappa shape index (κ1) is 16.7. The Morgan fingerprint density at radius 2 is 1.65 bits per heavy atom. The second kappa shape index (κ2) is 6.53. The molecule has 0 aliphatic heterocycles. The number of phenolic OH excluding ortho intramolecular Hbond substituents is 1. The molecule has 0 bridgehead atoms. The number of nitrogens with zero attached hydrogens (tertiary/aromatic N) is 1. The van der Waals surface area contributed by atoms with Crippen molar-refractivity contribution in [3.8, 4) is 17.2 Å². The van der Waals surface area contributed by atoms with Gasteiger partial charge in [-0.1, -0.05) is 43.5 Å². The first-order valence-electron chi connectivity index (χ1n) is 8.12. The van der Waals surface area contributed by atoms with Gasteiger partial charge >= 0.3 is 0 Å². The van der Waals surface area contributed by atoms with Gasteiger partial charge in [0, 0.05) is 34.2 Å². The predicted molar refractivity (Wildman–Crippen MR) is 117 cm³/mol. The Morgan fingerprint density at radius 3 is 2.31 bits per heavy atom. The van der Waals surface area contributed by atoms with E-state index in [4.69, 9.17) is 3.07 Å². The van der Waals surface area contributed by atoms with Crippen LogP contribution in [0.25, 0.3) is 39.6 Å². The molecule has 1 heterocycles. The lowest BCUT2D eigenvalue weighted by molar-refractivity contribution is 0.476. The molecule has 1 aromatic heterocycles. The number of benzene rings is 3. The summed E-state index contributed by atoms with van der Waals surface area (Å²) in [4.78, 5) is 0. The van der Waals surface area contributed by atoms with Crippen LogP contribution < -0.4 is 3.07 Å². The lowest BCUT2D eigenvalue weighted by Gasteiger charge is -2.12. The van der Waals surface area contributed by atoms with Gasteiger partial charge in [-0.2, -0.15) is 0 Å². The fraction of sp³-hybridized carbons (Fsp3) is 0. The van der Waals surface area contributed by atoms with Gasteiger partial charge in [-0.25, -0.2) is 0 Å². The Hall–Kier alpha value is -2.73. The van der Waals surface area contributed by atoms with Gasteiger partial charge in [-0.05, 0) is 29.8 Å².